The predicted molar refractivity (Wildman–Crippen MR) is 48.7 cm³/mol. The highest BCUT2D eigenvalue weighted by molar-refractivity contribution is 4.91. The fourth-order valence-electron chi connectivity index (χ4n) is 2.35. The van der Waals surface area contributed by atoms with E-state index in [1.165, 1.54) is 25.9 Å². The van der Waals surface area contributed by atoms with Gasteiger partial charge in [-0.3, -0.25) is 0 Å². The molecular weight excluding hydrogens is 166 g/mol. The van der Waals surface area contributed by atoms with E-state index in [0.717, 1.165) is 26.4 Å². The lowest BCUT2D eigenvalue weighted by molar-refractivity contribution is -0.139. The third-order valence-electron chi connectivity index (χ3n) is 3.60. The molecule has 13 heavy (non-hydrogen) atoms. The minimum Gasteiger partial charge on any atom is -0.380 e. The van der Waals surface area contributed by atoms with E-state index >= 15 is 0 Å². The average Bonchev–Trinajstić information content (AvgIpc) is 2.87. The van der Waals surface area contributed by atoms with Gasteiger partial charge in [0.1, 0.15) is 0 Å². The number of epoxide rings is 1. The summed E-state index contributed by atoms with van der Waals surface area (Å²) in [6.45, 7) is 6.69. The maximum Gasteiger partial charge on any atom is 0.0936 e. The van der Waals surface area contributed by atoms with E-state index in [4.69, 9.17) is 9.47 Å². The molecule has 3 heterocycles. The summed E-state index contributed by atoms with van der Waals surface area (Å²) in [5, 5.41) is 0. The second-order valence-corrected chi connectivity index (χ2v) is 4.75. The van der Waals surface area contributed by atoms with Crippen LogP contribution in [0.5, 0.6) is 0 Å². The number of ether oxygens (including phenoxy) is 2. The van der Waals surface area contributed by atoms with Crippen LogP contribution in [0.3, 0.4) is 0 Å². The summed E-state index contributed by atoms with van der Waals surface area (Å²) in [5.74, 6) is 0. The first-order chi connectivity index (χ1) is 6.36. The number of rotatable bonds is 2. The second kappa shape index (κ2) is 2.94. The van der Waals surface area contributed by atoms with Crippen molar-refractivity contribution in [2.45, 2.75) is 18.9 Å². The lowest BCUT2D eigenvalue weighted by Gasteiger charge is -2.47. The normalized spacial score (nSPS) is 37.4. The van der Waals surface area contributed by atoms with Crippen molar-refractivity contribution in [1.82, 2.24) is 4.90 Å². The number of likely N-dealkylation sites (tertiary alicyclic amines) is 1. The molecule has 3 nitrogen and oxygen atoms in total. The third-order valence-corrected chi connectivity index (χ3v) is 3.60. The number of hydrogen-bond donors (Lipinski definition) is 0. The molecule has 1 spiro atoms. The van der Waals surface area contributed by atoms with Crippen molar-refractivity contribution >= 4 is 0 Å². The van der Waals surface area contributed by atoms with Crippen LogP contribution in [0, 0.1) is 5.41 Å². The monoisotopic (exact) mass is 183 g/mol. The molecule has 0 amide bonds. The van der Waals surface area contributed by atoms with Gasteiger partial charge in [-0.25, -0.2) is 0 Å². The molecule has 0 aromatic rings. The van der Waals surface area contributed by atoms with Crippen molar-refractivity contribution in [3.63, 3.8) is 0 Å². The molecule has 0 bridgehead atoms. The zero-order valence-corrected chi connectivity index (χ0v) is 8.00. The number of piperidine rings is 1. The molecule has 1 atom stereocenters. The van der Waals surface area contributed by atoms with E-state index in [1.807, 2.05) is 0 Å². The molecule has 0 aliphatic carbocycles. The zero-order valence-electron chi connectivity index (χ0n) is 8.00. The van der Waals surface area contributed by atoms with Crippen LogP contribution in [0.25, 0.3) is 0 Å². The highest BCUT2D eigenvalue weighted by atomic mass is 16.6. The lowest BCUT2D eigenvalue weighted by atomic mass is 9.77. The van der Waals surface area contributed by atoms with Crippen molar-refractivity contribution < 1.29 is 9.47 Å². The maximum atomic E-state index is 5.30. The van der Waals surface area contributed by atoms with E-state index in [9.17, 15) is 0 Å². The Hall–Kier alpha value is -0.120. The van der Waals surface area contributed by atoms with Crippen LogP contribution in [-0.4, -0.2) is 50.5 Å². The van der Waals surface area contributed by atoms with Gasteiger partial charge >= 0.3 is 0 Å². The van der Waals surface area contributed by atoms with Crippen molar-refractivity contribution in [2.24, 2.45) is 5.41 Å². The van der Waals surface area contributed by atoms with Crippen LogP contribution in [0.15, 0.2) is 0 Å². The Morgan fingerprint density at radius 2 is 1.92 bits per heavy atom. The molecule has 0 N–H and O–H groups in total. The molecule has 3 saturated heterocycles. The molecule has 3 rings (SSSR count). The Morgan fingerprint density at radius 1 is 1.23 bits per heavy atom. The molecule has 3 heteroatoms. The van der Waals surface area contributed by atoms with Crippen molar-refractivity contribution in [3.8, 4) is 0 Å². The smallest absolute Gasteiger partial charge is 0.0936 e. The molecule has 0 aromatic heterocycles. The first kappa shape index (κ1) is 8.21. The summed E-state index contributed by atoms with van der Waals surface area (Å²) in [5.41, 5.74) is 0.584. The molecule has 74 valence electrons. The Bertz CT molecular complexity index is 189. The summed E-state index contributed by atoms with van der Waals surface area (Å²) in [6, 6.07) is 0. The van der Waals surface area contributed by atoms with Gasteiger partial charge in [-0.1, -0.05) is 0 Å². The van der Waals surface area contributed by atoms with E-state index in [-0.39, 0.29) is 0 Å². The molecule has 0 aromatic carbocycles. The van der Waals surface area contributed by atoms with Crippen LogP contribution >= 0.6 is 0 Å². The van der Waals surface area contributed by atoms with Gasteiger partial charge in [0.25, 0.3) is 0 Å². The predicted octanol–water partition coefficient (Wildman–Crippen LogP) is 0.498. The highest BCUT2D eigenvalue weighted by Gasteiger charge is 2.41. The van der Waals surface area contributed by atoms with Gasteiger partial charge in [0.05, 0.1) is 25.9 Å². The third kappa shape index (κ3) is 1.60. The zero-order chi connectivity index (χ0) is 8.73. The van der Waals surface area contributed by atoms with Gasteiger partial charge in [-0.05, 0) is 25.9 Å². The minimum absolute atomic E-state index is 0.562. The number of hydrogen-bond acceptors (Lipinski definition) is 3. The van der Waals surface area contributed by atoms with Crippen molar-refractivity contribution in [2.75, 3.05) is 39.5 Å². The molecule has 3 fully saturated rings. The summed E-state index contributed by atoms with van der Waals surface area (Å²) in [4.78, 5) is 2.54. The van der Waals surface area contributed by atoms with Gasteiger partial charge in [0.2, 0.25) is 0 Å². The van der Waals surface area contributed by atoms with Crippen LogP contribution < -0.4 is 0 Å². The molecular formula is C10H17NO2. The van der Waals surface area contributed by atoms with E-state index < -0.39 is 0 Å². The summed E-state index contributed by atoms with van der Waals surface area (Å²) >= 11 is 0. The van der Waals surface area contributed by atoms with Gasteiger partial charge in [0, 0.05) is 12.0 Å². The van der Waals surface area contributed by atoms with Gasteiger partial charge in [-0.2, -0.15) is 0 Å². The van der Waals surface area contributed by atoms with Gasteiger partial charge in [-0.15, -0.1) is 0 Å². The second-order valence-electron chi connectivity index (χ2n) is 4.75. The molecule has 0 saturated carbocycles. The van der Waals surface area contributed by atoms with Gasteiger partial charge < -0.3 is 14.4 Å². The van der Waals surface area contributed by atoms with Crippen molar-refractivity contribution in [3.05, 3.63) is 0 Å². The first-order valence-electron chi connectivity index (χ1n) is 5.28. The molecule has 1 unspecified atom stereocenters. The Labute approximate surface area is 79.0 Å². The maximum absolute atomic E-state index is 5.30. The van der Waals surface area contributed by atoms with Gasteiger partial charge in [0.15, 0.2) is 0 Å². The van der Waals surface area contributed by atoms with Crippen LogP contribution in [0.4, 0.5) is 0 Å². The Kier molecular flexibility index (Phi) is 1.86. The quantitative estimate of drug-likeness (QED) is 0.583. The average molecular weight is 183 g/mol. The first-order valence-corrected chi connectivity index (χ1v) is 5.28. The summed E-state index contributed by atoms with van der Waals surface area (Å²) < 4.78 is 10.5. The Balaban J connectivity index is 1.48. The standard InChI is InChI=1S/C10H17NO2/c1-3-11(5-9-6-13-9)4-2-10(1)7-12-8-10/h9H,1-8H2. The lowest BCUT2D eigenvalue weighted by Crippen LogP contribution is -2.51. The molecule has 3 aliphatic rings. The van der Waals surface area contributed by atoms with E-state index in [2.05, 4.69) is 4.90 Å². The van der Waals surface area contributed by atoms with E-state index in [0.29, 0.717) is 11.5 Å². The van der Waals surface area contributed by atoms with Crippen LogP contribution in [0.1, 0.15) is 12.8 Å². The van der Waals surface area contributed by atoms with Crippen molar-refractivity contribution in [1.29, 1.82) is 0 Å². The number of nitrogens with zero attached hydrogens (tertiary/aromatic N) is 1. The summed E-state index contributed by atoms with van der Waals surface area (Å²) in [6.07, 6.45) is 3.23. The SMILES string of the molecule is C1OC1CN1CCC2(CC1)COC2. The largest absolute Gasteiger partial charge is 0.380 e. The molecule has 0 radical (unpaired) electrons. The fraction of sp³-hybridized carbons (Fsp3) is 1.00. The fourth-order valence-corrected chi connectivity index (χ4v) is 2.35. The van der Waals surface area contributed by atoms with Crippen LogP contribution in [0.2, 0.25) is 0 Å². The summed E-state index contributed by atoms with van der Waals surface area (Å²) in [7, 11) is 0. The topological polar surface area (TPSA) is 25.0 Å². The molecule has 3 aliphatic heterocycles. The highest BCUT2D eigenvalue weighted by Crippen LogP contribution is 2.38. The minimum atomic E-state index is 0.562. The van der Waals surface area contributed by atoms with Crippen LogP contribution in [-0.2, 0) is 9.47 Å². The Morgan fingerprint density at radius 3 is 2.38 bits per heavy atom. The van der Waals surface area contributed by atoms with E-state index in [1.54, 1.807) is 0 Å².